The number of non-ortho nitro benzene ring substituents is 2. The maximum absolute atomic E-state index is 12.4. The van der Waals surface area contributed by atoms with Crippen molar-refractivity contribution in [2.75, 3.05) is 6.61 Å². The molecule has 0 atom stereocenters. The maximum Gasteiger partial charge on any atom is 0.343 e. The standard InChI is InChI=1S/C23H18N4O8/c1-2-34-21-13-15(14-24-25-22(28)16-4-8-18(9-5-16)26(30)31)3-12-20(21)35-23(29)17-6-10-19(11-7-17)27(32)33/h3-14H,2H2,1H3,(H,25,28)/b24-14+. The molecule has 3 rings (SSSR count). The Kier molecular flexibility index (Phi) is 7.80. The smallest absolute Gasteiger partial charge is 0.343 e. The number of hydrogen-bond acceptors (Lipinski definition) is 9. The van der Waals surface area contributed by atoms with Gasteiger partial charge in [0.25, 0.3) is 17.3 Å². The molecule has 0 spiro atoms. The lowest BCUT2D eigenvalue weighted by Crippen LogP contribution is -2.17. The Morgan fingerprint density at radius 2 is 1.46 bits per heavy atom. The zero-order valence-corrected chi connectivity index (χ0v) is 18.2. The van der Waals surface area contributed by atoms with Gasteiger partial charge in [-0.15, -0.1) is 0 Å². The number of hydrazone groups is 1. The van der Waals surface area contributed by atoms with Gasteiger partial charge in [-0.1, -0.05) is 0 Å². The molecule has 0 aliphatic carbocycles. The molecular weight excluding hydrogens is 460 g/mol. The molecule has 1 N–H and O–H groups in total. The van der Waals surface area contributed by atoms with Crippen molar-refractivity contribution in [3.8, 4) is 11.5 Å². The lowest BCUT2D eigenvalue weighted by atomic mass is 10.2. The minimum absolute atomic E-state index is 0.123. The lowest BCUT2D eigenvalue weighted by molar-refractivity contribution is -0.385. The summed E-state index contributed by atoms with van der Waals surface area (Å²) in [7, 11) is 0. The van der Waals surface area contributed by atoms with Crippen LogP contribution in [0.3, 0.4) is 0 Å². The molecule has 0 saturated carbocycles. The second-order valence-corrected chi connectivity index (χ2v) is 6.84. The Bertz CT molecular complexity index is 1290. The molecule has 0 unspecified atom stereocenters. The van der Waals surface area contributed by atoms with Crippen molar-refractivity contribution in [1.29, 1.82) is 0 Å². The van der Waals surface area contributed by atoms with Gasteiger partial charge in [-0.05, 0) is 55.0 Å². The van der Waals surface area contributed by atoms with Crippen LogP contribution < -0.4 is 14.9 Å². The number of nitro benzene ring substituents is 2. The van der Waals surface area contributed by atoms with Crippen LogP contribution in [0, 0.1) is 20.2 Å². The summed E-state index contributed by atoms with van der Waals surface area (Å²) in [5, 5.41) is 25.3. The molecule has 0 saturated heterocycles. The number of ether oxygens (including phenoxy) is 2. The number of carbonyl (C=O) groups excluding carboxylic acids is 2. The normalized spacial score (nSPS) is 10.5. The monoisotopic (exact) mass is 478 g/mol. The van der Waals surface area contributed by atoms with Gasteiger partial charge >= 0.3 is 5.97 Å². The van der Waals surface area contributed by atoms with Crippen LogP contribution in [-0.2, 0) is 0 Å². The van der Waals surface area contributed by atoms with Crippen LogP contribution in [0.4, 0.5) is 11.4 Å². The highest BCUT2D eigenvalue weighted by Crippen LogP contribution is 2.29. The highest BCUT2D eigenvalue weighted by Gasteiger charge is 2.15. The van der Waals surface area contributed by atoms with Crippen molar-refractivity contribution in [1.82, 2.24) is 5.43 Å². The van der Waals surface area contributed by atoms with Crippen molar-refractivity contribution in [3.63, 3.8) is 0 Å². The van der Waals surface area contributed by atoms with Gasteiger partial charge in [-0.25, -0.2) is 10.2 Å². The Morgan fingerprint density at radius 1 is 0.886 bits per heavy atom. The number of benzene rings is 3. The van der Waals surface area contributed by atoms with Gasteiger partial charge in [0.2, 0.25) is 0 Å². The van der Waals surface area contributed by atoms with Gasteiger partial charge in [-0.3, -0.25) is 25.0 Å². The van der Waals surface area contributed by atoms with Crippen LogP contribution in [0.25, 0.3) is 0 Å². The van der Waals surface area contributed by atoms with Crippen LogP contribution >= 0.6 is 0 Å². The molecule has 35 heavy (non-hydrogen) atoms. The molecule has 0 aromatic heterocycles. The van der Waals surface area contributed by atoms with E-state index in [4.69, 9.17) is 9.47 Å². The maximum atomic E-state index is 12.4. The van der Waals surface area contributed by atoms with Crippen molar-refractivity contribution in [2.24, 2.45) is 5.10 Å². The van der Waals surface area contributed by atoms with Gasteiger partial charge in [-0.2, -0.15) is 5.10 Å². The Balaban J connectivity index is 1.68. The van der Waals surface area contributed by atoms with E-state index in [9.17, 15) is 29.8 Å². The van der Waals surface area contributed by atoms with E-state index in [2.05, 4.69) is 10.5 Å². The summed E-state index contributed by atoms with van der Waals surface area (Å²) in [6.45, 7) is 2.02. The molecule has 0 heterocycles. The summed E-state index contributed by atoms with van der Waals surface area (Å²) in [5.41, 5.74) is 2.86. The third-order valence-corrected chi connectivity index (χ3v) is 4.50. The molecule has 0 aliphatic heterocycles. The summed E-state index contributed by atoms with van der Waals surface area (Å²) in [6.07, 6.45) is 1.34. The van der Waals surface area contributed by atoms with Crippen LogP contribution in [0.5, 0.6) is 11.5 Å². The summed E-state index contributed by atoms with van der Waals surface area (Å²) >= 11 is 0. The molecule has 0 fully saturated rings. The predicted molar refractivity (Wildman–Crippen MR) is 124 cm³/mol. The Morgan fingerprint density at radius 3 is 2.00 bits per heavy atom. The third kappa shape index (κ3) is 6.44. The number of rotatable bonds is 9. The van der Waals surface area contributed by atoms with E-state index >= 15 is 0 Å². The van der Waals surface area contributed by atoms with Gasteiger partial charge in [0, 0.05) is 29.8 Å². The fourth-order valence-corrected chi connectivity index (χ4v) is 2.80. The number of amides is 1. The summed E-state index contributed by atoms with van der Waals surface area (Å²) < 4.78 is 10.9. The van der Waals surface area contributed by atoms with E-state index in [1.165, 1.54) is 60.8 Å². The second-order valence-electron chi connectivity index (χ2n) is 6.84. The number of carbonyl (C=O) groups is 2. The molecule has 3 aromatic carbocycles. The molecule has 0 radical (unpaired) electrons. The fraction of sp³-hybridized carbons (Fsp3) is 0.0870. The molecule has 1 amide bonds. The molecule has 0 bridgehead atoms. The van der Waals surface area contributed by atoms with Crippen LogP contribution in [0.1, 0.15) is 33.2 Å². The van der Waals surface area contributed by atoms with Crippen LogP contribution in [0.2, 0.25) is 0 Å². The second kappa shape index (κ2) is 11.1. The fourth-order valence-electron chi connectivity index (χ4n) is 2.80. The summed E-state index contributed by atoms with van der Waals surface area (Å²) in [6, 6.07) is 14.6. The average Bonchev–Trinajstić information content (AvgIpc) is 2.85. The molecule has 0 aliphatic rings. The van der Waals surface area contributed by atoms with Crippen molar-refractivity contribution >= 4 is 29.5 Å². The van der Waals surface area contributed by atoms with Gasteiger partial charge in [0.15, 0.2) is 11.5 Å². The van der Waals surface area contributed by atoms with Gasteiger partial charge in [0.05, 0.1) is 28.2 Å². The SMILES string of the molecule is CCOc1cc(/C=N/NC(=O)c2ccc([N+](=O)[O-])cc2)ccc1OC(=O)c1ccc([N+](=O)[O-])cc1. The van der Waals surface area contributed by atoms with E-state index in [1.807, 2.05) is 0 Å². The van der Waals surface area contributed by atoms with Crippen LogP contribution in [0.15, 0.2) is 71.8 Å². The highest BCUT2D eigenvalue weighted by molar-refractivity contribution is 5.95. The first kappa shape index (κ1) is 24.5. The topological polar surface area (TPSA) is 163 Å². The number of nitro groups is 2. The van der Waals surface area contributed by atoms with Crippen molar-refractivity contribution in [3.05, 3.63) is 104 Å². The summed E-state index contributed by atoms with van der Waals surface area (Å²) in [4.78, 5) is 44.9. The van der Waals surface area contributed by atoms with E-state index < -0.39 is 21.7 Å². The van der Waals surface area contributed by atoms with E-state index in [1.54, 1.807) is 19.1 Å². The minimum atomic E-state index is -0.724. The third-order valence-electron chi connectivity index (χ3n) is 4.50. The van der Waals surface area contributed by atoms with E-state index in [0.29, 0.717) is 5.56 Å². The quantitative estimate of drug-likeness (QED) is 0.159. The highest BCUT2D eigenvalue weighted by atomic mass is 16.6. The number of hydrogen-bond donors (Lipinski definition) is 1. The van der Waals surface area contributed by atoms with E-state index in [-0.39, 0.29) is 40.6 Å². The van der Waals surface area contributed by atoms with Gasteiger partial charge in [0.1, 0.15) is 0 Å². The predicted octanol–water partition coefficient (Wildman–Crippen LogP) is 3.88. The van der Waals surface area contributed by atoms with Crippen LogP contribution in [-0.4, -0.2) is 34.5 Å². The lowest BCUT2D eigenvalue weighted by Gasteiger charge is -2.11. The average molecular weight is 478 g/mol. The van der Waals surface area contributed by atoms with Crippen molar-refractivity contribution in [2.45, 2.75) is 6.92 Å². The minimum Gasteiger partial charge on any atom is -0.490 e. The largest absolute Gasteiger partial charge is 0.490 e. The first-order valence-electron chi connectivity index (χ1n) is 10.1. The summed E-state index contributed by atoms with van der Waals surface area (Å²) in [5.74, 6) is -0.914. The zero-order chi connectivity index (χ0) is 25.4. The van der Waals surface area contributed by atoms with E-state index in [0.717, 1.165) is 0 Å². The first-order chi connectivity index (χ1) is 16.8. The zero-order valence-electron chi connectivity index (χ0n) is 18.2. The van der Waals surface area contributed by atoms with Crippen molar-refractivity contribution < 1.29 is 28.9 Å². The number of nitrogens with zero attached hydrogens (tertiary/aromatic N) is 3. The first-order valence-corrected chi connectivity index (χ1v) is 10.1. The number of nitrogens with one attached hydrogen (secondary N) is 1. The molecule has 3 aromatic rings. The molecule has 12 heteroatoms. The Labute approximate surface area is 198 Å². The molecule has 178 valence electrons. The Hall–Kier alpha value is -5.13. The van der Waals surface area contributed by atoms with Gasteiger partial charge < -0.3 is 9.47 Å². The molecule has 12 nitrogen and oxygen atoms in total. The number of esters is 1. The molecular formula is C23H18N4O8.